The van der Waals surface area contributed by atoms with Gasteiger partial charge in [-0.2, -0.15) is 0 Å². The molecule has 2 N–H and O–H groups in total. The number of rotatable bonds is 4. The molecule has 1 rings (SSSR count). The van der Waals surface area contributed by atoms with Crippen LogP contribution in [0.1, 0.15) is 13.8 Å². The van der Waals surface area contributed by atoms with Crippen molar-refractivity contribution in [1.82, 2.24) is 4.90 Å². The van der Waals surface area contributed by atoms with Gasteiger partial charge in [-0.25, -0.2) is 0 Å². The van der Waals surface area contributed by atoms with E-state index in [0.717, 1.165) is 18.8 Å². The Balaban J connectivity index is 2.30. The molecule has 1 saturated heterocycles. The maximum atomic E-state index is 11.9. The van der Waals surface area contributed by atoms with Crippen LogP contribution < -0.4 is 5.73 Å². The number of thioether (sulfide) groups is 1. The van der Waals surface area contributed by atoms with Crippen molar-refractivity contribution in [3.8, 4) is 0 Å². The van der Waals surface area contributed by atoms with Crippen LogP contribution in [-0.2, 0) is 9.53 Å². The van der Waals surface area contributed by atoms with Crippen molar-refractivity contribution in [2.45, 2.75) is 25.1 Å². The smallest absolute Gasteiger partial charge is 0.235 e. The highest BCUT2D eigenvalue weighted by atomic mass is 32.2. The summed E-state index contributed by atoms with van der Waals surface area (Å²) in [5.74, 6) is 1.04. The van der Waals surface area contributed by atoms with Crippen molar-refractivity contribution in [2.75, 3.05) is 32.1 Å². The van der Waals surface area contributed by atoms with E-state index in [-0.39, 0.29) is 17.2 Å². The van der Waals surface area contributed by atoms with Crippen molar-refractivity contribution in [3.05, 3.63) is 0 Å². The fourth-order valence-electron chi connectivity index (χ4n) is 1.41. The monoisotopic (exact) mass is 232 g/mol. The lowest BCUT2D eigenvalue weighted by atomic mass is 10.3. The predicted octanol–water partition coefficient (Wildman–Crippen LogP) is 0.314. The number of carbonyl (C=O) groups excluding carboxylic acids is 1. The molecule has 0 saturated carbocycles. The first-order valence-electron chi connectivity index (χ1n) is 5.35. The fourth-order valence-corrected chi connectivity index (χ4v) is 2.29. The summed E-state index contributed by atoms with van der Waals surface area (Å²) in [7, 11) is 0. The standard InChI is InChI=1S/C10H20N2O2S/c1-8(11)7-15-9(2)10(13)12-3-5-14-6-4-12/h8-9H,3-7,11H2,1-2H3. The van der Waals surface area contributed by atoms with Gasteiger partial charge in [0.15, 0.2) is 0 Å². The van der Waals surface area contributed by atoms with Gasteiger partial charge in [0.05, 0.1) is 18.5 Å². The lowest BCUT2D eigenvalue weighted by Crippen LogP contribution is -2.44. The van der Waals surface area contributed by atoms with E-state index in [1.807, 2.05) is 18.7 Å². The Morgan fingerprint density at radius 3 is 2.60 bits per heavy atom. The highest BCUT2D eigenvalue weighted by Crippen LogP contribution is 2.14. The number of hydrogen-bond donors (Lipinski definition) is 1. The van der Waals surface area contributed by atoms with Gasteiger partial charge in [0, 0.05) is 24.9 Å². The molecule has 1 heterocycles. The maximum Gasteiger partial charge on any atom is 0.235 e. The molecule has 0 spiro atoms. The average molecular weight is 232 g/mol. The van der Waals surface area contributed by atoms with Gasteiger partial charge in [0.1, 0.15) is 0 Å². The number of hydrogen-bond acceptors (Lipinski definition) is 4. The Morgan fingerprint density at radius 1 is 1.47 bits per heavy atom. The normalized spacial score (nSPS) is 21.1. The minimum Gasteiger partial charge on any atom is -0.378 e. The van der Waals surface area contributed by atoms with E-state index in [1.54, 1.807) is 11.8 Å². The zero-order valence-corrected chi connectivity index (χ0v) is 10.3. The van der Waals surface area contributed by atoms with Gasteiger partial charge in [0.2, 0.25) is 5.91 Å². The number of nitrogens with two attached hydrogens (primary N) is 1. The minimum atomic E-state index is 0.00843. The van der Waals surface area contributed by atoms with Gasteiger partial charge in [-0.15, -0.1) is 11.8 Å². The largest absolute Gasteiger partial charge is 0.378 e. The molecular weight excluding hydrogens is 212 g/mol. The van der Waals surface area contributed by atoms with Crippen LogP contribution >= 0.6 is 11.8 Å². The molecule has 1 fully saturated rings. The number of morpholine rings is 1. The molecule has 1 aliphatic heterocycles. The van der Waals surface area contributed by atoms with E-state index in [0.29, 0.717) is 13.2 Å². The predicted molar refractivity (Wildman–Crippen MR) is 63.0 cm³/mol. The summed E-state index contributed by atoms with van der Waals surface area (Å²) in [6.45, 7) is 6.68. The van der Waals surface area contributed by atoms with E-state index in [9.17, 15) is 4.79 Å². The highest BCUT2D eigenvalue weighted by Gasteiger charge is 2.22. The molecule has 0 aromatic heterocycles. The molecule has 2 atom stereocenters. The van der Waals surface area contributed by atoms with Crippen LogP contribution in [0.4, 0.5) is 0 Å². The third kappa shape index (κ3) is 4.40. The molecule has 0 aromatic rings. The van der Waals surface area contributed by atoms with Crippen LogP contribution in [0.3, 0.4) is 0 Å². The minimum absolute atomic E-state index is 0.00843. The first-order valence-corrected chi connectivity index (χ1v) is 6.40. The molecule has 4 nitrogen and oxygen atoms in total. The summed E-state index contributed by atoms with van der Waals surface area (Å²) >= 11 is 1.63. The van der Waals surface area contributed by atoms with Crippen LogP contribution in [-0.4, -0.2) is 54.2 Å². The second-order valence-electron chi connectivity index (χ2n) is 3.89. The molecule has 1 amide bonds. The van der Waals surface area contributed by atoms with E-state index in [4.69, 9.17) is 10.5 Å². The summed E-state index contributed by atoms with van der Waals surface area (Å²) in [4.78, 5) is 13.8. The van der Waals surface area contributed by atoms with E-state index in [1.165, 1.54) is 0 Å². The highest BCUT2D eigenvalue weighted by molar-refractivity contribution is 8.00. The number of ether oxygens (including phenoxy) is 1. The van der Waals surface area contributed by atoms with Crippen LogP contribution in [0, 0.1) is 0 Å². The van der Waals surface area contributed by atoms with E-state index in [2.05, 4.69) is 0 Å². The lowest BCUT2D eigenvalue weighted by molar-refractivity contribution is -0.134. The zero-order chi connectivity index (χ0) is 11.3. The Hall–Kier alpha value is -0.260. The van der Waals surface area contributed by atoms with Crippen LogP contribution in [0.25, 0.3) is 0 Å². The van der Waals surface area contributed by atoms with Gasteiger partial charge in [0.25, 0.3) is 0 Å². The van der Waals surface area contributed by atoms with E-state index >= 15 is 0 Å². The van der Waals surface area contributed by atoms with Crippen LogP contribution in [0.15, 0.2) is 0 Å². The van der Waals surface area contributed by atoms with Crippen molar-refractivity contribution >= 4 is 17.7 Å². The Morgan fingerprint density at radius 2 is 2.07 bits per heavy atom. The molecule has 88 valence electrons. The van der Waals surface area contributed by atoms with Crippen molar-refractivity contribution < 1.29 is 9.53 Å². The van der Waals surface area contributed by atoms with Gasteiger partial charge in [-0.3, -0.25) is 4.79 Å². The first kappa shape index (κ1) is 12.8. The molecule has 5 heteroatoms. The average Bonchev–Trinajstić information content (AvgIpc) is 2.26. The molecule has 15 heavy (non-hydrogen) atoms. The molecule has 0 aliphatic carbocycles. The molecule has 2 unspecified atom stereocenters. The topological polar surface area (TPSA) is 55.6 Å². The number of carbonyl (C=O) groups is 1. The second kappa shape index (κ2) is 6.35. The quantitative estimate of drug-likeness (QED) is 0.758. The van der Waals surface area contributed by atoms with E-state index < -0.39 is 0 Å². The van der Waals surface area contributed by atoms with Gasteiger partial charge in [-0.05, 0) is 13.8 Å². The van der Waals surface area contributed by atoms with Crippen molar-refractivity contribution in [1.29, 1.82) is 0 Å². The number of amides is 1. The summed E-state index contributed by atoms with van der Waals surface area (Å²) < 4.78 is 5.21. The van der Waals surface area contributed by atoms with Gasteiger partial charge < -0.3 is 15.4 Å². The fraction of sp³-hybridized carbons (Fsp3) is 0.900. The third-order valence-electron chi connectivity index (χ3n) is 2.28. The first-order chi connectivity index (χ1) is 7.11. The summed E-state index contributed by atoms with van der Waals surface area (Å²) in [6, 6.07) is 0.148. The summed E-state index contributed by atoms with van der Waals surface area (Å²) in [5, 5.41) is 0.00843. The lowest BCUT2D eigenvalue weighted by Gasteiger charge is -2.29. The Kier molecular flexibility index (Phi) is 5.42. The zero-order valence-electron chi connectivity index (χ0n) is 9.44. The Labute approximate surface area is 95.5 Å². The Bertz CT molecular complexity index is 206. The van der Waals surface area contributed by atoms with Gasteiger partial charge in [-0.1, -0.05) is 0 Å². The summed E-state index contributed by atoms with van der Waals surface area (Å²) in [6.07, 6.45) is 0. The SMILES string of the molecule is CC(N)CSC(C)C(=O)N1CCOCC1. The number of nitrogens with zero attached hydrogens (tertiary/aromatic N) is 1. The van der Waals surface area contributed by atoms with Crippen molar-refractivity contribution in [2.24, 2.45) is 5.73 Å². The molecule has 0 bridgehead atoms. The molecular formula is C10H20N2O2S. The van der Waals surface area contributed by atoms with Crippen LogP contribution in [0.2, 0.25) is 0 Å². The molecule has 1 aliphatic rings. The second-order valence-corrected chi connectivity index (χ2v) is 5.26. The molecule has 0 radical (unpaired) electrons. The maximum absolute atomic E-state index is 11.9. The van der Waals surface area contributed by atoms with Crippen LogP contribution in [0.5, 0.6) is 0 Å². The van der Waals surface area contributed by atoms with Gasteiger partial charge >= 0.3 is 0 Å². The molecule has 0 aromatic carbocycles. The van der Waals surface area contributed by atoms with Crippen molar-refractivity contribution in [3.63, 3.8) is 0 Å². The third-order valence-corrected chi connectivity index (χ3v) is 3.70. The summed E-state index contributed by atoms with van der Waals surface area (Å²) in [5.41, 5.74) is 5.65.